The van der Waals surface area contributed by atoms with Gasteiger partial charge in [-0.05, 0) is 31.0 Å². The minimum atomic E-state index is -0.445. The molecule has 0 bridgehead atoms. The first-order valence-electron chi connectivity index (χ1n) is 8.16. The number of rotatable bonds is 6. The van der Waals surface area contributed by atoms with Crippen molar-refractivity contribution in [2.24, 2.45) is 0 Å². The quantitative estimate of drug-likeness (QED) is 0.349. The lowest BCUT2D eigenvalue weighted by molar-refractivity contribution is -0.131. The first-order valence-corrected chi connectivity index (χ1v) is 8.16. The van der Waals surface area contributed by atoms with Gasteiger partial charge in [-0.15, -0.1) is 0 Å². The molecule has 0 radical (unpaired) electrons. The van der Waals surface area contributed by atoms with E-state index in [4.69, 9.17) is 9.47 Å². The van der Waals surface area contributed by atoms with Gasteiger partial charge in [0.05, 0.1) is 13.2 Å². The molecule has 1 fully saturated rings. The van der Waals surface area contributed by atoms with Gasteiger partial charge in [-0.25, -0.2) is 0 Å². The van der Waals surface area contributed by atoms with Crippen LogP contribution in [0, 0.1) is 0 Å². The van der Waals surface area contributed by atoms with Gasteiger partial charge in [0.15, 0.2) is 0 Å². The lowest BCUT2D eigenvalue weighted by Gasteiger charge is -2.14. The molecular weight excluding hydrogens is 324 g/mol. The summed E-state index contributed by atoms with van der Waals surface area (Å²) in [6.07, 6.45) is 3.17. The molecule has 7 heteroatoms. The van der Waals surface area contributed by atoms with Crippen molar-refractivity contribution in [1.82, 2.24) is 10.6 Å². The maximum absolute atomic E-state index is 12.1. The van der Waals surface area contributed by atoms with Crippen LogP contribution in [0.4, 0.5) is 0 Å². The van der Waals surface area contributed by atoms with E-state index in [1.165, 1.54) is 13.0 Å². The Morgan fingerprint density at radius 3 is 2.60 bits per heavy atom. The van der Waals surface area contributed by atoms with Gasteiger partial charge in [0, 0.05) is 31.7 Å². The van der Waals surface area contributed by atoms with E-state index in [1.54, 1.807) is 24.3 Å². The molecule has 0 aliphatic carbocycles. The fraction of sp³-hybridized carbons (Fsp3) is 0.389. The summed E-state index contributed by atoms with van der Waals surface area (Å²) in [7, 11) is 0. The van der Waals surface area contributed by atoms with Crippen LogP contribution in [-0.4, -0.2) is 44.1 Å². The molecule has 2 rings (SSSR count). The van der Waals surface area contributed by atoms with E-state index in [0.717, 1.165) is 18.4 Å². The molecule has 1 aromatic carbocycles. The van der Waals surface area contributed by atoms with Gasteiger partial charge in [0.2, 0.25) is 5.91 Å². The molecule has 2 N–H and O–H groups in total. The van der Waals surface area contributed by atoms with Gasteiger partial charge in [-0.2, -0.15) is 0 Å². The third kappa shape index (κ3) is 6.76. The molecule has 0 unspecified atom stereocenters. The Balaban J connectivity index is 1.73. The fourth-order valence-electron chi connectivity index (χ4n) is 2.34. The summed E-state index contributed by atoms with van der Waals surface area (Å²) in [5.41, 5.74) is 1.46. The zero-order valence-corrected chi connectivity index (χ0v) is 14.2. The maximum atomic E-state index is 12.1. The molecule has 134 valence electrons. The molecule has 1 aromatic rings. The zero-order chi connectivity index (χ0) is 18.1. The lowest BCUT2D eigenvalue weighted by atomic mass is 10.1. The number of hydrogen-bond acceptors (Lipinski definition) is 5. The Morgan fingerprint density at radius 2 is 1.88 bits per heavy atom. The van der Waals surface area contributed by atoms with Crippen LogP contribution in [-0.2, 0) is 14.3 Å². The van der Waals surface area contributed by atoms with E-state index in [-0.39, 0.29) is 11.8 Å². The van der Waals surface area contributed by atoms with Crippen molar-refractivity contribution in [3.05, 3.63) is 41.5 Å². The first kappa shape index (κ1) is 18.7. The molecule has 0 spiro atoms. The van der Waals surface area contributed by atoms with E-state index in [2.05, 4.69) is 10.6 Å². The smallest absolute Gasteiger partial charge is 0.308 e. The highest BCUT2D eigenvalue weighted by atomic mass is 16.5. The average molecular weight is 346 g/mol. The second-order valence-corrected chi connectivity index (χ2v) is 5.58. The van der Waals surface area contributed by atoms with E-state index < -0.39 is 5.97 Å². The van der Waals surface area contributed by atoms with Crippen molar-refractivity contribution in [2.45, 2.75) is 19.8 Å². The van der Waals surface area contributed by atoms with Gasteiger partial charge in [0.25, 0.3) is 5.91 Å². The van der Waals surface area contributed by atoms with Gasteiger partial charge >= 0.3 is 5.97 Å². The Morgan fingerprint density at radius 1 is 1.16 bits per heavy atom. The Bertz CT molecular complexity index is 661. The van der Waals surface area contributed by atoms with E-state index in [0.29, 0.717) is 37.6 Å². The first-order chi connectivity index (χ1) is 12.0. The molecule has 0 atom stereocenters. The highest BCUT2D eigenvalue weighted by Gasteiger charge is 2.09. The predicted octanol–water partition coefficient (Wildman–Crippen LogP) is 1.19. The van der Waals surface area contributed by atoms with Crippen LogP contribution < -0.4 is 15.4 Å². The zero-order valence-electron chi connectivity index (χ0n) is 14.2. The number of nitrogens with one attached hydrogen (secondary N) is 2. The summed E-state index contributed by atoms with van der Waals surface area (Å²) in [6.45, 7) is 3.23. The minimum absolute atomic E-state index is 0.164. The number of carbonyl (C=O) groups excluding carboxylic acids is 3. The standard InChI is InChI=1S/C18H22N2O5/c1-13(21)25-16-4-2-3-15(12-16)18(23)20-8-7-19-17(22)11-14-5-9-24-10-6-14/h2-4,11-12H,5-10H2,1H3,(H,19,22)(H,20,23). The number of esters is 1. The highest BCUT2D eigenvalue weighted by Crippen LogP contribution is 2.13. The molecule has 1 aliphatic heterocycles. The third-order valence-electron chi connectivity index (χ3n) is 3.54. The van der Waals surface area contributed by atoms with E-state index in [1.807, 2.05) is 0 Å². The fourth-order valence-corrected chi connectivity index (χ4v) is 2.34. The maximum Gasteiger partial charge on any atom is 0.308 e. The van der Waals surface area contributed by atoms with Crippen molar-refractivity contribution in [3.8, 4) is 5.75 Å². The van der Waals surface area contributed by atoms with Crippen molar-refractivity contribution in [1.29, 1.82) is 0 Å². The predicted molar refractivity (Wildman–Crippen MR) is 91.2 cm³/mol. The van der Waals surface area contributed by atoms with Gasteiger partial charge in [-0.1, -0.05) is 11.6 Å². The number of ether oxygens (including phenoxy) is 2. The molecule has 1 heterocycles. The molecule has 0 saturated carbocycles. The van der Waals surface area contributed by atoms with Crippen LogP contribution >= 0.6 is 0 Å². The van der Waals surface area contributed by atoms with Crippen LogP contribution in [0.2, 0.25) is 0 Å². The second-order valence-electron chi connectivity index (χ2n) is 5.58. The molecular formula is C18H22N2O5. The Labute approximate surface area is 146 Å². The van der Waals surface area contributed by atoms with Gasteiger partial charge in [0.1, 0.15) is 5.75 Å². The monoisotopic (exact) mass is 346 g/mol. The summed E-state index contributed by atoms with van der Waals surface area (Å²) in [5, 5.41) is 5.44. The minimum Gasteiger partial charge on any atom is -0.427 e. The molecule has 7 nitrogen and oxygen atoms in total. The number of carbonyl (C=O) groups is 3. The topological polar surface area (TPSA) is 93.7 Å². The summed E-state index contributed by atoms with van der Waals surface area (Å²) >= 11 is 0. The molecule has 2 amide bonds. The number of benzene rings is 1. The average Bonchev–Trinajstić information content (AvgIpc) is 2.59. The molecule has 1 aliphatic rings. The summed E-state index contributed by atoms with van der Waals surface area (Å²) in [4.78, 5) is 34.8. The van der Waals surface area contributed by atoms with Crippen molar-refractivity contribution in [2.75, 3.05) is 26.3 Å². The summed E-state index contributed by atoms with van der Waals surface area (Å²) < 4.78 is 10.2. The van der Waals surface area contributed by atoms with Crippen LogP contribution in [0.1, 0.15) is 30.1 Å². The summed E-state index contributed by atoms with van der Waals surface area (Å²) in [6, 6.07) is 6.35. The van der Waals surface area contributed by atoms with E-state index >= 15 is 0 Å². The van der Waals surface area contributed by atoms with Crippen LogP contribution in [0.5, 0.6) is 5.75 Å². The van der Waals surface area contributed by atoms with Crippen LogP contribution in [0.15, 0.2) is 35.9 Å². The normalized spacial score (nSPS) is 13.7. The Kier molecular flexibility index (Phi) is 7.16. The van der Waals surface area contributed by atoms with Crippen molar-refractivity contribution >= 4 is 17.8 Å². The summed E-state index contributed by atoms with van der Waals surface area (Å²) in [5.74, 6) is -0.593. The van der Waals surface area contributed by atoms with Crippen LogP contribution in [0.25, 0.3) is 0 Å². The third-order valence-corrected chi connectivity index (χ3v) is 3.54. The second kappa shape index (κ2) is 9.58. The van der Waals surface area contributed by atoms with Gasteiger partial charge < -0.3 is 20.1 Å². The largest absolute Gasteiger partial charge is 0.427 e. The molecule has 0 aromatic heterocycles. The Hall–Kier alpha value is -2.67. The van der Waals surface area contributed by atoms with Crippen LogP contribution in [0.3, 0.4) is 0 Å². The lowest BCUT2D eigenvalue weighted by Crippen LogP contribution is -2.34. The molecule has 25 heavy (non-hydrogen) atoms. The number of hydrogen-bond donors (Lipinski definition) is 2. The van der Waals surface area contributed by atoms with Crippen molar-refractivity contribution < 1.29 is 23.9 Å². The molecule has 1 saturated heterocycles. The van der Waals surface area contributed by atoms with E-state index in [9.17, 15) is 14.4 Å². The van der Waals surface area contributed by atoms with Gasteiger partial charge in [-0.3, -0.25) is 14.4 Å². The van der Waals surface area contributed by atoms with Crippen molar-refractivity contribution in [3.63, 3.8) is 0 Å². The number of amides is 2. The highest BCUT2D eigenvalue weighted by molar-refractivity contribution is 5.94. The SMILES string of the molecule is CC(=O)Oc1cccc(C(=O)NCCNC(=O)C=C2CCOCC2)c1.